The molecule has 1 heterocycles. The van der Waals surface area contributed by atoms with Crippen LogP contribution in [-0.2, 0) is 16.1 Å². The summed E-state index contributed by atoms with van der Waals surface area (Å²) in [7, 11) is 0. The van der Waals surface area contributed by atoms with Gasteiger partial charge in [-0.15, -0.1) is 0 Å². The number of nitrogens with zero attached hydrogens (tertiary/aromatic N) is 1. The number of benzene rings is 2. The number of hydrogen-bond donors (Lipinski definition) is 2. The third-order valence-corrected chi connectivity index (χ3v) is 4.58. The van der Waals surface area contributed by atoms with Crippen LogP contribution in [0.4, 0.5) is 11.4 Å². The molecule has 0 spiro atoms. The van der Waals surface area contributed by atoms with Crippen LogP contribution in [-0.4, -0.2) is 24.3 Å². The van der Waals surface area contributed by atoms with E-state index >= 15 is 0 Å². The first-order valence-corrected chi connectivity index (χ1v) is 9.00. The van der Waals surface area contributed by atoms with Crippen molar-refractivity contribution in [2.75, 3.05) is 16.8 Å². The van der Waals surface area contributed by atoms with E-state index in [2.05, 4.69) is 10.6 Å². The zero-order valence-corrected chi connectivity index (χ0v) is 15.5. The van der Waals surface area contributed by atoms with Crippen molar-refractivity contribution in [2.24, 2.45) is 0 Å². The minimum atomic E-state index is -0.203. The van der Waals surface area contributed by atoms with Crippen molar-refractivity contribution in [3.63, 3.8) is 0 Å². The Morgan fingerprint density at radius 1 is 1.11 bits per heavy atom. The second-order valence-electron chi connectivity index (χ2n) is 6.71. The molecule has 3 rings (SSSR count). The van der Waals surface area contributed by atoms with E-state index in [1.807, 2.05) is 37.3 Å². The summed E-state index contributed by atoms with van der Waals surface area (Å²) in [6.45, 7) is 4.59. The highest BCUT2D eigenvalue weighted by atomic mass is 16.2. The first-order chi connectivity index (χ1) is 12.9. The largest absolute Gasteiger partial charge is 0.352 e. The lowest BCUT2D eigenvalue weighted by atomic mass is 10.1. The number of aryl methyl sites for hydroxylation is 1. The molecule has 0 saturated carbocycles. The third kappa shape index (κ3) is 4.53. The smallest absolute Gasteiger partial charge is 0.255 e. The van der Waals surface area contributed by atoms with Gasteiger partial charge in [0.1, 0.15) is 0 Å². The predicted octanol–water partition coefficient (Wildman–Crippen LogP) is 3.01. The van der Waals surface area contributed by atoms with E-state index in [0.717, 1.165) is 29.8 Å². The van der Waals surface area contributed by atoms with Gasteiger partial charge >= 0.3 is 0 Å². The summed E-state index contributed by atoms with van der Waals surface area (Å²) in [5.74, 6) is -0.147. The maximum Gasteiger partial charge on any atom is 0.255 e. The molecule has 1 aliphatic rings. The molecule has 2 N–H and O–H groups in total. The van der Waals surface area contributed by atoms with Crippen LogP contribution in [0.2, 0.25) is 0 Å². The molecule has 0 bridgehead atoms. The molecule has 0 aromatic heterocycles. The van der Waals surface area contributed by atoms with Gasteiger partial charge in [-0.1, -0.05) is 12.1 Å². The lowest BCUT2D eigenvalue weighted by molar-refractivity contribution is -0.119. The van der Waals surface area contributed by atoms with Crippen LogP contribution in [0, 0.1) is 6.92 Å². The van der Waals surface area contributed by atoms with Gasteiger partial charge in [-0.3, -0.25) is 14.4 Å². The van der Waals surface area contributed by atoms with Gasteiger partial charge in [0.05, 0.1) is 0 Å². The van der Waals surface area contributed by atoms with Crippen molar-refractivity contribution in [1.29, 1.82) is 0 Å². The fraction of sp³-hybridized carbons (Fsp3) is 0.286. The summed E-state index contributed by atoms with van der Waals surface area (Å²) < 4.78 is 0. The molecule has 0 unspecified atom stereocenters. The Kier molecular flexibility index (Phi) is 5.54. The Morgan fingerprint density at radius 3 is 2.44 bits per heavy atom. The van der Waals surface area contributed by atoms with Crippen LogP contribution in [0.5, 0.6) is 0 Å². The zero-order valence-electron chi connectivity index (χ0n) is 15.5. The SMILES string of the molecule is CC(=O)NCc1ccc(C(=O)Nc2ccc(N3CCCC3=O)c(C)c2)cc1. The Bertz CT molecular complexity index is 875. The highest BCUT2D eigenvalue weighted by Gasteiger charge is 2.23. The first-order valence-electron chi connectivity index (χ1n) is 9.00. The lowest BCUT2D eigenvalue weighted by Gasteiger charge is -2.19. The number of hydrogen-bond acceptors (Lipinski definition) is 3. The van der Waals surface area contributed by atoms with Crippen molar-refractivity contribution < 1.29 is 14.4 Å². The highest BCUT2D eigenvalue weighted by Crippen LogP contribution is 2.27. The Morgan fingerprint density at radius 2 is 1.85 bits per heavy atom. The zero-order chi connectivity index (χ0) is 19.4. The van der Waals surface area contributed by atoms with E-state index < -0.39 is 0 Å². The average Bonchev–Trinajstić information content (AvgIpc) is 3.06. The van der Waals surface area contributed by atoms with Crippen molar-refractivity contribution >= 4 is 29.1 Å². The molecule has 0 radical (unpaired) electrons. The summed E-state index contributed by atoms with van der Waals surface area (Å²) in [4.78, 5) is 37.1. The van der Waals surface area contributed by atoms with Crippen molar-refractivity contribution in [1.82, 2.24) is 5.32 Å². The predicted molar refractivity (Wildman–Crippen MR) is 105 cm³/mol. The number of anilines is 2. The van der Waals surface area contributed by atoms with Crippen LogP contribution >= 0.6 is 0 Å². The molecule has 0 aliphatic carbocycles. The molecule has 1 saturated heterocycles. The van der Waals surface area contributed by atoms with Gasteiger partial charge < -0.3 is 15.5 Å². The van der Waals surface area contributed by atoms with Crippen molar-refractivity contribution in [3.05, 3.63) is 59.2 Å². The highest BCUT2D eigenvalue weighted by molar-refractivity contribution is 6.04. The van der Waals surface area contributed by atoms with Gasteiger partial charge in [-0.05, 0) is 54.8 Å². The Hall–Kier alpha value is -3.15. The minimum absolute atomic E-state index is 0.0914. The number of carbonyl (C=O) groups excluding carboxylic acids is 3. The summed E-state index contributed by atoms with van der Waals surface area (Å²) in [5, 5.41) is 5.61. The lowest BCUT2D eigenvalue weighted by Crippen LogP contribution is -2.24. The fourth-order valence-electron chi connectivity index (χ4n) is 3.14. The molecule has 1 aliphatic heterocycles. The Balaban J connectivity index is 1.66. The van der Waals surface area contributed by atoms with Crippen molar-refractivity contribution in [2.45, 2.75) is 33.2 Å². The van der Waals surface area contributed by atoms with Crippen LogP contribution in [0.3, 0.4) is 0 Å². The molecular formula is C21H23N3O3. The minimum Gasteiger partial charge on any atom is -0.352 e. The molecule has 6 nitrogen and oxygen atoms in total. The summed E-state index contributed by atoms with van der Waals surface area (Å²) >= 11 is 0. The maximum absolute atomic E-state index is 12.5. The van der Waals surface area contributed by atoms with Crippen molar-refractivity contribution in [3.8, 4) is 0 Å². The van der Waals surface area contributed by atoms with E-state index in [1.165, 1.54) is 6.92 Å². The van der Waals surface area contributed by atoms with Gasteiger partial charge in [0.25, 0.3) is 5.91 Å². The van der Waals surface area contributed by atoms with Gasteiger partial charge in [0, 0.05) is 43.4 Å². The van der Waals surface area contributed by atoms with E-state index in [1.54, 1.807) is 17.0 Å². The standard InChI is InChI=1S/C21H23N3O3/c1-14-12-18(9-10-19(14)24-11-3-4-20(24)26)23-21(27)17-7-5-16(6-8-17)13-22-15(2)25/h5-10,12H,3-4,11,13H2,1-2H3,(H,22,25)(H,23,27). The van der Waals surface area contributed by atoms with Gasteiger partial charge in [-0.2, -0.15) is 0 Å². The fourth-order valence-corrected chi connectivity index (χ4v) is 3.14. The summed E-state index contributed by atoms with van der Waals surface area (Å²) in [6, 6.07) is 12.7. The first kappa shape index (κ1) is 18.6. The number of carbonyl (C=O) groups is 3. The monoisotopic (exact) mass is 365 g/mol. The van der Waals surface area contributed by atoms with Crippen LogP contribution in [0.1, 0.15) is 41.3 Å². The van der Waals surface area contributed by atoms with Gasteiger partial charge in [0.2, 0.25) is 11.8 Å². The van der Waals surface area contributed by atoms with Gasteiger partial charge in [-0.25, -0.2) is 0 Å². The van der Waals surface area contributed by atoms with E-state index in [-0.39, 0.29) is 17.7 Å². The van der Waals surface area contributed by atoms with E-state index in [0.29, 0.717) is 24.2 Å². The quantitative estimate of drug-likeness (QED) is 0.855. The van der Waals surface area contributed by atoms with Gasteiger partial charge in [0.15, 0.2) is 0 Å². The summed E-state index contributed by atoms with van der Waals surface area (Å²) in [6.07, 6.45) is 1.48. The van der Waals surface area contributed by atoms with Crippen LogP contribution in [0.15, 0.2) is 42.5 Å². The molecule has 2 aromatic carbocycles. The number of amides is 3. The second-order valence-corrected chi connectivity index (χ2v) is 6.71. The third-order valence-electron chi connectivity index (χ3n) is 4.58. The molecule has 140 valence electrons. The molecule has 0 atom stereocenters. The topological polar surface area (TPSA) is 78.5 Å². The van der Waals surface area contributed by atoms with Crippen LogP contribution in [0.25, 0.3) is 0 Å². The number of nitrogens with one attached hydrogen (secondary N) is 2. The Labute approximate surface area is 158 Å². The molecular weight excluding hydrogens is 342 g/mol. The molecule has 2 aromatic rings. The van der Waals surface area contributed by atoms with E-state index in [9.17, 15) is 14.4 Å². The molecule has 27 heavy (non-hydrogen) atoms. The normalized spacial score (nSPS) is 13.6. The maximum atomic E-state index is 12.5. The van der Waals surface area contributed by atoms with Crippen LogP contribution < -0.4 is 15.5 Å². The second kappa shape index (κ2) is 8.03. The summed E-state index contributed by atoms with van der Waals surface area (Å²) in [5.41, 5.74) is 4.01. The number of rotatable bonds is 5. The average molecular weight is 365 g/mol. The molecule has 1 fully saturated rings. The van der Waals surface area contributed by atoms with E-state index in [4.69, 9.17) is 0 Å². The molecule has 3 amide bonds. The molecule has 6 heteroatoms.